The molecule has 166 valence electrons. The molecule has 3 aromatic carbocycles. The van der Waals surface area contributed by atoms with Gasteiger partial charge in [0.2, 0.25) is 10.0 Å². The van der Waals surface area contributed by atoms with Crippen LogP contribution >= 0.6 is 0 Å². The zero-order valence-corrected chi connectivity index (χ0v) is 17.8. The first kappa shape index (κ1) is 23.2. The van der Waals surface area contributed by atoms with E-state index in [1.807, 2.05) is 25.1 Å². The van der Waals surface area contributed by atoms with Gasteiger partial charge in [-0.25, -0.2) is 18.2 Å². The first-order chi connectivity index (χ1) is 15.1. The van der Waals surface area contributed by atoms with E-state index in [9.17, 15) is 21.6 Å². The van der Waals surface area contributed by atoms with Crippen molar-refractivity contribution < 1.29 is 21.6 Å². The fraction of sp³-hybridized carbons (Fsp3) is 0.0870. The van der Waals surface area contributed by atoms with Gasteiger partial charge in [-0.15, -0.1) is 0 Å². The van der Waals surface area contributed by atoms with Gasteiger partial charge in [-0.2, -0.15) is 18.3 Å². The van der Waals surface area contributed by atoms with Gasteiger partial charge in [0.1, 0.15) is 0 Å². The number of sulfonamides is 1. The zero-order chi connectivity index (χ0) is 23.4. The maximum Gasteiger partial charge on any atom is 0.435 e. The van der Waals surface area contributed by atoms with Gasteiger partial charge >= 0.3 is 6.18 Å². The van der Waals surface area contributed by atoms with E-state index in [0.29, 0.717) is 16.9 Å². The molecule has 0 aliphatic heterocycles. The van der Waals surface area contributed by atoms with Gasteiger partial charge in [0.05, 0.1) is 16.3 Å². The lowest BCUT2D eigenvalue weighted by atomic mass is 10.1. The monoisotopic (exact) mass is 459 g/mol. The number of aromatic nitrogens is 2. The molecule has 0 atom stereocenters. The number of hydrogen-bond acceptors (Lipinski definition) is 3. The van der Waals surface area contributed by atoms with Crippen LogP contribution in [0.2, 0.25) is 0 Å². The molecule has 0 saturated heterocycles. The number of nitrogens with zero attached hydrogens (tertiary/aromatic N) is 2. The van der Waals surface area contributed by atoms with Crippen LogP contribution < -0.4 is 5.14 Å². The molecule has 5 nitrogen and oxygen atoms in total. The summed E-state index contributed by atoms with van der Waals surface area (Å²) < 4.78 is 61.6. The van der Waals surface area contributed by atoms with E-state index in [0.717, 1.165) is 11.6 Å². The summed E-state index contributed by atoms with van der Waals surface area (Å²) in [6.45, 7) is 1.93. The molecule has 0 saturated carbocycles. The normalized spacial score (nSPS) is 11.5. The summed E-state index contributed by atoms with van der Waals surface area (Å²) in [6, 6.07) is 25.1. The molecular weight excluding hydrogens is 439 g/mol. The van der Waals surface area contributed by atoms with Crippen LogP contribution in [0.1, 0.15) is 11.3 Å². The Morgan fingerprint density at radius 3 is 1.84 bits per heavy atom. The van der Waals surface area contributed by atoms with Crippen molar-refractivity contribution in [2.45, 2.75) is 18.0 Å². The number of hydrogen-bond donors (Lipinski definition) is 1. The molecule has 0 bridgehead atoms. The fourth-order valence-electron chi connectivity index (χ4n) is 2.83. The predicted molar refractivity (Wildman–Crippen MR) is 117 cm³/mol. The van der Waals surface area contributed by atoms with Gasteiger partial charge < -0.3 is 0 Å². The first-order valence-corrected chi connectivity index (χ1v) is 11.0. The minimum Gasteiger partial charge on any atom is -0.233 e. The van der Waals surface area contributed by atoms with E-state index < -0.39 is 21.9 Å². The maximum atomic E-state index is 13.0. The highest BCUT2D eigenvalue weighted by atomic mass is 32.2. The van der Waals surface area contributed by atoms with Crippen LogP contribution in [0.5, 0.6) is 0 Å². The van der Waals surface area contributed by atoms with Crippen LogP contribution in [0, 0.1) is 6.92 Å². The number of halogens is 3. The molecule has 0 radical (unpaired) electrons. The average Bonchev–Trinajstić information content (AvgIpc) is 3.22. The van der Waals surface area contributed by atoms with Crippen LogP contribution in [0.4, 0.5) is 13.2 Å². The van der Waals surface area contributed by atoms with Crippen LogP contribution in [0.25, 0.3) is 16.9 Å². The van der Waals surface area contributed by atoms with Crippen molar-refractivity contribution in [2.75, 3.05) is 0 Å². The third-order valence-corrected chi connectivity index (χ3v) is 5.35. The highest BCUT2D eigenvalue weighted by molar-refractivity contribution is 7.89. The lowest BCUT2D eigenvalue weighted by Crippen LogP contribution is -2.11. The molecule has 2 N–H and O–H groups in total. The Kier molecular flexibility index (Phi) is 6.81. The zero-order valence-electron chi connectivity index (χ0n) is 17.0. The summed E-state index contributed by atoms with van der Waals surface area (Å²) in [4.78, 5) is 0.148. The molecule has 1 aromatic heterocycles. The lowest BCUT2D eigenvalue weighted by molar-refractivity contribution is -0.141. The highest BCUT2D eigenvalue weighted by Gasteiger charge is 2.35. The fourth-order valence-corrected chi connectivity index (χ4v) is 3.36. The number of aryl methyl sites for hydroxylation is 1. The molecule has 32 heavy (non-hydrogen) atoms. The lowest BCUT2D eigenvalue weighted by Gasteiger charge is -2.07. The molecule has 1 heterocycles. The van der Waals surface area contributed by atoms with E-state index in [1.165, 1.54) is 16.8 Å². The third kappa shape index (κ3) is 5.83. The molecule has 0 amide bonds. The smallest absolute Gasteiger partial charge is 0.233 e. The van der Waals surface area contributed by atoms with Crippen molar-refractivity contribution in [2.24, 2.45) is 5.14 Å². The molecule has 0 aliphatic carbocycles. The quantitative estimate of drug-likeness (QED) is 0.457. The third-order valence-electron chi connectivity index (χ3n) is 4.42. The summed E-state index contributed by atoms with van der Waals surface area (Å²) in [5.41, 5.74) is 1.85. The summed E-state index contributed by atoms with van der Waals surface area (Å²) in [5.74, 6) is 0. The molecule has 0 unspecified atom stereocenters. The van der Waals surface area contributed by atoms with Crippen LogP contribution in [-0.4, -0.2) is 18.2 Å². The summed E-state index contributed by atoms with van der Waals surface area (Å²) in [7, 11) is -3.50. The standard InChI is InChI=1S/C17H13F3N2.C6H7NO2S/c1-12-7-9-13(10-8-12)15-11-16(17(18,19)20)21-22(15)14-5-3-2-4-6-14;7-10(8,9)6-4-2-1-3-5-6/h2-11H,1H3;1-5H,(H2,7,8,9). The second-order valence-electron chi connectivity index (χ2n) is 6.88. The molecule has 4 rings (SSSR count). The van der Waals surface area contributed by atoms with Crippen molar-refractivity contribution >= 4 is 10.0 Å². The number of alkyl halides is 3. The van der Waals surface area contributed by atoms with Gasteiger partial charge in [0, 0.05) is 5.56 Å². The topological polar surface area (TPSA) is 78.0 Å². The van der Waals surface area contributed by atoms with Crippen LogP contribution in [-0.2, 0) is 16.2 Å². The number of benzene rings is 3. The molecular formula is C23H20F3N3O2S. The number of rotatable bonds is 3. The van der Waals surface area contributed by atoms with Gasteiger partial charge in [0.15, 0.2) is 5.69 Å². The van der Waals surface area contributed by atoms with Crippen molar-refractivity contribution in [3.05, 3.63) is 102 Å². The molecule has 4 aromatic rings. The molecule has 9 heteroatoms. The maximum absolute atomic E-state index is 13.0. The van der Waals surface area contributed by atoms with Gasteiger partial charge in [-0.3, -0.25) is 0 Å². The minimum absolute atomic E-state index is 0.148. The Morgan fingerprint density at radius 1 is 0.844 bits per heavy atom. The predicted octanol–water partition coefficient (Wildman–Crippen LogP) is 5.20. The Balaban J connectivity index is 0.000000243. The second-order valence-corrected chi connectivity index (χ2v) is 8.45. The highest BCUT2D eigenvalue weighted by Crippen LogP contribution is 2.33. The number of para-hydroxylation sites is 1. The van der Waals surface area contributed by atoms with Crippen molar-refractivity contribution in [1.29, 1.82) is 0 Å². The van der Waals surface area contributed by atoms with Gasteiger partial charge in [-0.1, -0.05) is 66.2 Å². The Labute approximate surface area is 184 Å². The van der Waals surface area contributed by atoms with E-state index in [4.69, 9.17) is 5.14 Å². The summed E-state index contributed by atoms with van der Waals surface area (Å²) in [6.07, 6.45) is -4.47. The van der Waals surface area contributed by atoms with E-state index in [-0.39, 0.29) is 4.90 Å². The van der Waals surface area contributed by atoms with E-state index >= 15 is 0 Å². The Morgan fingerprint density at radius 2 is 1.38 bits per heavy atom. The number of primary sulfonamides is 1. The van der Waals surface area contributed by atoms with E-state index in [1.54, 1.807) is 54.6 Å². The molecule has 0 fully saturated rings. The Hall–Kier alpha value is -3.43. The van der Waals surface area contributed by atoms with Gasteiger partial charge in [0.25, 0.3) is 0 Å². The second kappa shape index (κ2) is 9.37. The van der Waals surface area contributed by atoms with Crippen molar-refractivity contribution in [3.8, 4) is 16.9 Å². The molecule has 0 aliphatic rings. The SMILES string of the molecule is Cc1ccc(-c2cc(C(F)(F)F)nn2-c2ccccc2)cc1.NS(=O)(=O)c1ccccc1. The van der Waals surface area contributed by atoms with E-state index in [2.05, 4.69) is 5.10 Å². The summed E-state index contributed by atoms with van der Waals surface area (Å²) in [5, 5.41) is 8.57. The Bertz CT molecular complexity index is 1270. The van der Waals surface area contributed by atoms with Crippen LogP contribution in [0.3, 0.4) is 0 Å². The number of nitrogens with two attached hydrogens (primary N) is 1. The first-order valence-electron chi connectivity index (χ1n) is 9.43. The molecule has 0 spiro atoms. The largest absolute Gasteiger partial charge is 0.435 e. The van der Waals surface area contributed by atoms with Gasteiger partial charge in [-0.05, 0) is 37.3 Å². The van der Waals surface area contributed by atoms with Crippen LogP contribution in [0.15, 0.2) is 95.9 Å². The summed E-state index contributed by atoms with van der Waals surface area (Å²) >= 11 is 0. The van der Waals surface area contributed by atoms with Crippen molar-refractivity contribution in [3.63, 3.8) is 0 Å². The van der Waals surface area contributed by atoms with Crippen molar-refractivity contribution in [1.82, 2.24) is 9.78 Å². The average molecular weight is 459 g/mol. The minimum atomic E-state index is -4.47.